The molecule has 3 rings (SSSR count). The highest BCUT2D eigenvalue weighted by Gasteiger charge is 2.66. The summed E-state index contributed by atoms with van der Waals surface area (Å²) in [7, 11) is 0. The summed E-state index contributed by atoms with van der Waals surface area (Å²) in [6.45, 7) is 0.462. The molecule has 11 heavy (non-hydrogen) atoms. The van der Waals surface area contributed by atoms with Crippen molar-refractivity contribution in [3.8, 4) is 0 Å². The summed E-state index contributed by atoms with van der Waals surface area (Å²) in [5, 5.41) is 9.06. The van der Waals surface area contributed by atoms with Gasteiger partial charge in [0.25, 0.3) is 0 Å². The van der Waals surface area contributed by atoms with Gasteiger partial charge in [-0.3, -0.25) is 0 Å². The topological polar surface area (TPSA) is 20.2 Å². The molecule has 0 heterocycles. The lowest BCUT2D eigenvalue weighted by Crippen LogP contribution is -2.14. The van der Waals surface area contributed by atoms with Crippen LogP contribution in [-0.2, 0) is 0 Å². The van der Waals surface area contributed by atoms with E-state index in [0.717, 1.165) is 11.8 Å². The largest absolute Gasteiger partial charge is 0.396 e. The van der Waals surface area contributed by atoms with E-state index in [-0.39, 0.29) is 0 Å². The molecule has 0 aliphatic heterocycles. The summed E-state index contributed by atoms with van der Waals surface area (Å²) >= 11 is 0. The van der Waals surface area contributed by atoms with E-state index in [1.165, 1.54) is 32.1 Å². The molecule has 0 bridgehead atoms. The van der Waals surface area contributed by atoms with Gasteiger partial charge in [-0.2, -0.15) is 0 Å². The van der Waals surface area contributed by atoms with Gasteiger partial charge in [-0.25, -0.2) is 0 Å². The van der Waals surface area contributed by atoms with Gasteiger partial charge < -0.3 is 5.11 Å². The van der Waals surface area contributed by atoms with Crippen molar-refractivity contribution in [2.45, 2.75) is 32.1 Å². The van der Waals surface area contributed by atoms with E-state index in [1.807, 2.05) is 0 Å². The highest BCUT2D eigenvalue weighted by Crippen LogP contribution is 2.73. The van der Waals surface area contributed by atoms with Crippen molar-refractivity contribution >= 4 is 0 Å². The molecule has 1 heteroatoms. The van der Waals surface area contributed by atoms with Crippen molar-refractivity contribution in [3.05, 3.63) is 0 Å². The lowest BCUT2D eigenvalue weighted by molar-refractivity contribution is 0.212. The molecule has 0 aromatic heterocycles. The molecule has 0 radical (unpaired) electrons. The first kappa shape index (κ1) is 6.47. The van der Waals surface area contributed by atoms with E-state index in [2.05, 4.69) is 0 Å². The number of aliphatic hydroxyl groups excluding tert-OH is 1. The lowest BCUT2D eigenvalue weighted by atomic mass is 9.84. The Balaban J connectivity index is 1.78. The number of fused-ring (bicyclic) bond motifs is 2. The molecule has 0 aromatic rings. The fourth-order valence-corrected chi connectivity index (χ4v) is 3.56. The third-order valence-corrected chi connectivity index (χ3v) is 4.38. The Bertz CT molecular complexity index is 189. The van der Waals surface area contributed by atoms with Crippen LogP contribution in [0.25, 0.3) is 0 Å². The zero-order valence-electron chi connectivity index (χ0n) is 6.92. The number of aliphatic hydroxyl groups is 1. The Morgan fingerprint density at radius 1 is 1.45 bits per heavy atom. The van der Waals surface area contributed by atoms with Crippen molar-refractivity contribution in [3.63, 3.8) is 0 Å². The molecule has 1 nitrogen and oxygen atoms in total. The van der Waals surface area contributed by atoms with Crippen LogP contribution in [0.1, 0.15) is 32.1 Å². The normalized spacial score (nSPS) is 59.2. The summed E-state index contributed by atoms with van der Waals surface area (Å²) in [6.07, 6.45) is 7.21. The summed E-state index contributed by atoms with van der Waals surface area (Å²) in [4.78, 5) is 0. The summed E-state index contributed by atoms with van der Waals surface area (Å²) in [5.41, 5.74) is 0.678. The van der Waals surface area contributed by atoms with Crippen LogP contribution in [0, 0.1) is 23.2 Å². The minimum atomic E-state index is 0.462. The van der Waals surface area contributed by atoms with Crippen LogP contribution in [0.4, 0.5) is 0 Å². The van der Waals surface area contributed by atoms with Gasteiger partial charge in [0.05, 0.1) is 0 Å². The average molecular weight is 152 g/mol. The second-order valence-corrected chi connectivity index (χ2v) is 4.81. The first-order valence-corrected chi connectivity index (χ1v) is 4.98. The highest BCUT2D eigenvalue weighted by atomic mass is 16.3. The van der Waals surface area contributed by atoms with E-state index < -0.39 is 0 Å². The Labute approximate surface area is 67.8 Å². The van der Waals surface area contributed by atoms with Crippen LogP contribution in [0.3, 0.4) is 0 Å². The predicted octanol–water partition coefficient (Wildman–Crippen LogP) is 1.80. The molecule has 3 saturated carbocycles. The van der Waals surface area contributed by atoms with Crippen molar-refractivity contribution < 1.29 is 5.11 Å². The summed E-state index contributed by atoms with van der Waals surface area (Å²) < 4.78 is 0. The Kier molecular flexibility index (Phi) is 1.07. The molecule has 1 spiro atoms. The Morgan fingerprint density at radius 3 is 3.09 bits per heavy atom. The third kappa shape index (κ3) is 0.703. The minimum Gasteiger partial charge on any atom is -0.396 e. The zero-order valence-corrected chi connectivity index (χ0v) is 6.92. The van der Waals surface area contributed by atoms with Crippen molar-refractivity contribution in [2.75, 3.05) is 6.61 Å². The molecular weight excluding hydrogens is 136 g/mol. The number of hydrogen-bond acceptors (Lipinski definition) is 1. The maximum atomic E-state index is 9.06. The van der Waals surface area contributed by atoms with Crippen molar-refractivity contribution in [2.24, 2.45) is 23.2 Å². The molecular formula is C10H16O. The molecule has 3 aliphatic rings. The van der Waals surface area contributed by atoms with Crippen molar-refractivity contribution in [1.29, 1.82) is 0 Å². The molecule has 0 saturated heterocycles. The van der Waals surface area contributed by atoms with Gasteiger partial charge in [0, 0.05) is 6.61 Å². The second kappa shape index (κ2) is 1.82. The molecule has 62 valence electrons. The lowest BCUT2D eigenvalue weighted by Gasteiger charge is -2.21. The molecule has 1 N–H and O–H groups in total. The van der Waals surface area contributed by atoms with E-state index >= 15 is 0 Å². The first-order valence-electron chi connectivity index (χ1n) is 4.98. The fraction of sp³-hybridized carbons (Fsp3) is 1.00. The van der Waals surface area contributed by atoms with E-state index in [0.29, 0.717) is 17.9 Å². The molecule has 4 atom stereocenters. The smallest absolute Gasteiger partial charge is 0.0464 e. The standard InChI is InChI=1S/C10H16O/c11-6-8-5-10(8)3-1-2-7-4-9(7)10/h7-9,11H,1-6H2. The van der Waals surface area contributed by atoms with E-state index in [4.69, 9.17) is 5.11 Å². The Hall–Kier alpha value is -0.0400. The first-order chi connectivity index (χ1) is 5.37. The fourth-order valence-electron chi connectivity index (χ4n) is 3.56. The number of rotatable bonds is 1. The summed E-state index contributed by atoms with van der Waals surface area (Å²) in [5.74, 6) is 2.84. The Morgan fingerprint density at radius 2 is 2.36 bits per heavy atom. The molecule has 4 unspecified atom stereocenters. The van der Waals surface area contributed by atoms with Gasteiger partial charge >= 0.3 is 0 Å². The maximum absolute atomic E-state index is 9.06. The van der Waals surface area contributed by atoms with Crippen LogP contribution in [0.5, 0.6) is 0 Å². The zero-order chi connectivity index (χ0) is 7.47. The molecule has 0 aromatic carbocycles. The van der Waals surface area contributed by atoms with Crippen LogP contribution >= 0.6 is 0 Å². The minimum absolute atomic E-state index is 0.462. The summed E-state index contributed by atoms with van der Waals surface area (Å²) in [6, 6.07) is 0. The van der Waals surface area contributed by atoms with Crippen LogP contribution < -0.4 is 0 Å². The molecule has 3 aliphatic carbocycles. The van der Waals surface area contributed by atoms with Gasteiger partial charge in [-0.15, -0.1) is 0 Å². The number of hydrogen-bond donors (Lipinski definition) is 1. The van der Waals surface area contributed by atoms with Crippen molar-refractivity contribution in [1.82, 2.24) is 0 Å². The molecule has 3 fully saturated rings. The van der Waals surface area contributed by atoms with Crippen LogP contribution in [0.2, 0.25) is 0 Å². The van der Waals surface area contributed by atoms with Gasteiger partial charge in [-0.05, 0) is 42.4 Å². The van der Waals surface area contributed by atoms with Crippen LogP contribution in [-0.4, -0.2) is 11.7 Å². The quantitative estimate of drug-likeness (QED) is 0.607. The van der Waals surface area contributed by atoms with Gasteiger partial charge in [0.2, 0.25) is 0 Å². The van der Waals surface area contributed by atoms with Gasteiger partial charge in [0.1, 0.15) is 0 Å². The average Bonchev–Trinajstić information content (AvgIpc) is 2.84. The second-order valence-electron chi connectivity index (χ2n) is 4.81. The third-order valence-electron chi connectivity index (χ3n) is 4.38. The van der Waals surface area contributed by atoms with E-state index in [1.54, 1.807) is 0 Å². The predicted molar refractivity (Wildman–Crippen MR) is 43.1 cm³/mol. The van der Waals surface area contributed by atoms with Gasteiger partial charge in [0.15, 0.2) is 0 Å². The monoisotopic (exact) mass is 152 g/mol. The van der Waals surface area contributed by atoms with Crippen LogP contribution in [0.15, 0.2) is 0 Å². The molecule has 0 amide bonds. The SMILES string of the molecule is OCC1CC12CCCC1CC12. The van der Waals surface area contributed by atoms with Gasteiger partial charge in [-0.1, -0.05) is 12.8 Å². The highest BCUT2D eigenvalue weighted by molar-refractivity contribution is 5.15. The maximum Gasteiger partial charge on any atom is 0.0464 e. The van der Waals surface area contributed by atoms with E-state index in [9.17, 15) is 0 Å².